The molecule has 0 radical (unpaired) electrons. The van der Waals surface area contributed by atoms with E-state index in [9.17, 15) is 4.79 Å². The number of rotatable bonds is 5. The first-order valence-corrected chi connectivity index (χ1v) is 8.26. The third-order valence-electron chi connectivity index (χ3n) is 4.20. The molecule has 1 aliphatic rings. The van der Waals surface area contributed by atoms with E-state index >= 15 is 0 Å². The van der Waals surface area contributed by atoms with Gasteiger partial charge in [0.05, 0.1) is 12.6 Å². The lowest BCUT2D eigenvalue weighted by atomic mass is 10.1. The minimum absolute atomic E-state index is 0.0401. The SMILES string of the molecule is CC1CN(OCc2ccccc2)C(=O)C1=N[C@H](C)c1ccccc1. The Morgan fingerprint density at radius 3 is 2.42 bits per heavy atom. The van der Waals surface area contributed by atoms with Crippen LogP contribution in [0, 0.1) is 5.92 Å². The van der Waals surface area contributed by atoms with E-state index in [0.29, 0.717) is 18.9 Å². The molecule has 2 atom stereocenters. The molecule has 0 spiro atoms. The summed E-state index contributed by atoms with van der Waals surface area (Å²) in [6, 6.07) is 19.8. The molecule has 0 saturated carbocycles. The van der Waals surface area contributed by atoms with E-state index in [2.05, 4.69) is 4.99 Å². The fourth-order valence-corrected chi connectivity index (χ4v) is 2.79. The highest BCUT2D eigenvalue weighted by molar-refractivity contribution is 6.41. The Labute approximate surface area is 142 Å². The van der Waals surface area contributed by atoms with Crippen molar-refractivity contribution in [2.24, 2.45) is 10.9 Å². The number of benzene rings is 2. The molecule has 1 fully saturated rings. The van der Waals surface area contributed by atoms with Crippen LogP contribution >= 0.6 is 0 Å². The highest BCUT2D eigenvalue weighted by Crippen LogP contribution is 2.22. The maximum atomic E-state index is 12.6. The Kier molecular flexibility index (Phi) is 5.06. The smallest absolute Gasteiger partial charge is 0.276 e. The van der Waals surface area contributed by atoms with Gasteiger partial charge in [0.15, 0.2) is 0 Å². The van der Waals surface area contributed by atoms with Crippen LogP contribution in [0.2, 0.25) is 0 Å². The fraction of sp³-hybridized carbons (Fsp3) is 0.300. The van der Waals surface area contributed by atoms with Crippen molar-refractivity contribution in [2.45, 2.75) is 26.5 Å². The summed E-state index contributed by atoms with van der Waals surface area (Å²) in [5.74, 6) is -0.0550. The number of aliphatic imine (C=N–C) groups is 1. The number of amides is 1. The van der Waals surface area contributed by atoms with Crippen LogP contribution in [0.5, 0.6) is 0 Å². The van der Waals surface area contributed by atoms with E-state index < -0.39 is 0 Å². The second-order valence-electron chi connectivity index (χ2n) is 6.13. The standard InChI is InChI=1S/C20H22N2O2/c1-15-13-22(24-14-17-9-5-3-6-10-17)20(23)19(15)21-16(2)18-11-7-4-8-12-18/h3-12,15-16H,13-14H2,1-2H3/t15?,16-/m1/s1. The summed E-state index contributed by atoms with van der Waals surface area (Å²) < 4.78 is 0. The molecule has 1 aliphatic heterocycles. The van der Waals surface area contributed by atoms with Gasteiger partial charge in [-0.15, -0.1) is 0 Å². The van der Waals surface area contributed by atoms with Crippen molar-refractivity contribution in [2.75, 3.05) is 6.54 Å². The fourth-order valence-electron chi connectivity index (χ4n) is 2.79. The first-order valence-electron chi connectivity index (χ1n) is 8.26. The Hall–Kier alpha value is -2.46. The molecule has 1 unspecified atom stereocenters. The number of hydrogen-bond acceptors (Lipinski definition) is 3. The van der Waals surface area contributed by atoms with Crippen LogP contribution in [0.25, 0.3) is 0 Å². The maximum Gasteiger partial charge on any atom is 0.291 e. The van der Waals surface area contributed by atoms with Gasteiger partial charge >= 0.3 is 0 Å². The van der Waals surface area contributed by atoms with Crippen molar-refractivity contribution in [3.8, 4) is 0 Å². The summed E-state index contributed by atoms with van der Waals surface area (Å²) in [4.78, 5) is 22.9. The molecule has 2 aromatic carbocycles. The lowest BCUT2D eigenvalue weighted by Gasteiger charge is -2.15. The van der Waals surface area contributed by atoms with Crippen LogP contribution in [0.3, 0.4) is 0 Å². The quantitative estimate of drug-likeness (QED) is 0.840. The molecule has 0 aliphatic carbocycles. The Morgan fingerprint density at radius 2 is 1.75 bits per heavy atom. The predicted molar refractivity (Wildman–Crippen MR) is 94.4 cm³/mol. The van der Waals surface area contributed by atoms with Crippen LogP contribution in [-0.2, 0) is 16.2 Å². The van der Waals surface area contributed by atoms with Crippen molar-refractivity contribution < 1.29 is 9.63 Å². The van der Waals surface area contributed by atoms with Crippen molar-refractivity contribution in [3.63, 3.8) is 0 Å². The van der Waals surface area contributed by atoms with Gasteiger partial charge in [0.2, 0.25) is 0 Å². The molecule has 1 heterocycles. The van der Waals surface area contributed by atoms with Crippen LogP contribution in [0.4, 0.5) is 0 Å². The Balaban J connectivity index is 1.67. The average Bonchev–Trinajstić information content (AvgIpc) is 2.89. The zero-order valence-corrected chi connectivity index (χ0v) is 14.1. The topological polar surface area (TPSA) is 41.9 Å². The van der Waals surface area contributed by atoms with Crippen molar-refractivity contribution in [1.82, 2.24) is 5.06 Å². The van der Waals surface area contributed by atoms with Gasteiger partial charge in [0.25, 0.3) is 5.91 Å². The van der Waals surface area contributed by atoms with Gasteiger partial charge in [-0.3, -0.25) is 14.6 Å². The molecule has 2 aromatic rings. The molecule has 124 valence electrons. The van der Waals surface area contributed by atoms with Gasteiger partial charge < -0.3 is 0 Å². The van der Waals surface area contributed by atoms with Crippen molar-refractivity contribution in [1.29, 1.82) is 0 Å². The third kappa shape index (κ3) is 3.71. The van der Waals surface area contributed by atoms with E-state index in [1.807, 2.05) is 74.5 Å². The van der Waals surface area contributed by atoms with Crippen LogP contribution in [0.1, 0.15) is 31.0 Å². The zero-order chi connectivity index (χ0) is 16.9. The zero-order valence-electron chi connectivity index (χ0n) is 14.1. The van der Waals surface area contributed by atoms with E-state index in [1.54, 1.807) is 0 Å². The van der Waals surface area contributed by atoms with Gasteiger partial charge in [-0.1, -0.05) is 67.6 Å². The minimum Gasteiger partial charge on any atom is -0.276 e. The molecular formula is C20H22N2O2. The maximum absolute atomic E-state index is 12.6. The molecule has 3 rings (SSSR count). The average molecular weight is 322 g/mol. The Bertz CT molecular complexity index is 713. The van der Waals surface area contributed by atoms with Crippen LogP contribution in [-0.4, -0.2) is 23.2 Å². The normalized spacial score (nSPS) is 20.6. The van der Waals surface area contributed by atoms with Gasteiger partial charge in [-0.05, 0) is 18.1 Å². The monoisotopic (exact) mass is 322 g/mol. The molecule has 1 saturated heterocycles. The number of hydroxylamine groups is 2. The molecule has 0 N–H and O–H groups in total. The van der Waals surface area contributed by atoms with Gasteiger partial charge in [0.1, 0.15) is 12.3 Å². The lowest BCUT2D eigenvalue weighted by molar-refractivity contribution is -0.180. The molecule has 0 aromatic heterocycles. The third-order valence-corrected chi connectivity index (χ3v) is 4.20. The summed E-state index contributed by atoms with van der Waals surface area (Å²) in [6.07, 6.45) is 0. The van der Waals surface area contributed by atoms with Crippen molar-refractivity contribution >= 4 is 11.6 Å². The summed E-state index contributed by atoms with van der Waals surface area (Å²) in [6.45, 7) is 4.96. The van der Waals surface area contributed by atoms with E-state index in [0.717, 1.165) is 11.1 Å². The number of carbonyl (C=O) groups excluding carboxylic acids is 1. The highest BCUT2D eigenvalue weighted by Gasteiger charge is 2.35. The largest absolute Gasteiger partial charge is 0.291 e. The Morgan fingerprint density at radius 1 is 1.12 bits per heavy atom. The first-order chi connectivity index (χ1) is 11.6. The predicted octanol–water partition coefficient (Wildman–Crippen LogP) is 3.80. The lowest BCUT2D eigenvalue weighted by Crippen LogP contribution is -2.27. The van der Waals surface area contributed by atoms with E-state index in [4.69, 9.17) is 4.84 Å². The minimum atomic E-state index is -0.124. The van der Waals surface area contributed by atoms with Crippen molar-refractivity contribution in [3.05, 3.63) is 71.8 Å². The second-order valence-corrected chi connectivity index (χ2v) is 6.13. The molecular weight excluding hydrogens is 300 g/mol. The summed E-state index contributed by atoms with van der Waals surface area (Å²) in [7, 11) is 0. The number of nitrogens with zero attached hydrogens (tertiary/aromatic N) is 2. The molecule has 0 bridgehead atoms. The number of carbonyl (C=O) groups is 1. The van der Waals surface area contributed by atoms with Gasteiger partial charge in [-0.25, -0.2) is 5.06 Å². The number of hydrogen-bond donors (Lipinski definition) is 0. The van der Waals surface area contributed by atoms with Crippen LogP contribution in [0.15, 0.2) is 65.7 Å². The molecule has 24 heavy (non-hydrogen) atoms. The highest BCUT2D eigenvalue weighted by atomic mass is 16.7. The summed E-state index contributed by atoms with van der Waals surface area (Å²) in [5, 5.41) is 1.44. The first kappa shape index (κ1) is 16.4. The van der Waals surface area contributed by atoms with Gasteiger partial charge in [-0.2, -0.15) is 0 Å². The molecule has 4 heteroatoms. The summed E-state index contributed by atoms with van der Waals surface area (Å²) in [5.41, 5.74) is 2.74. The second kappa shape index (κ2) is 7.41. The summed E-state index contributed by atoms with van der Waals surface area (Å²) >= 11 is 0. The van der Waals surface area contributed by atoms with Gasteiger partial charge in [0, 0.05) is 5.92 Å². The van der Waals surface area contributed by atoms with E-state index in [1.165, 1.54) is 5.06 Å². The van der Waals surface area contributed by atoms with E-state index in [-0.39, 0.29) is 17.9 Å². The van der Waals surface area contributed by atoms with Crippen LogP contribution < -0.4 is 0 Å². The molecule has 4 nitrogen and oxygen atoms in total. The molecule has 1 amide bonds.